The van der Waals surface area contributed by atoms with Gasteiger partial charge in [0.1, 0.15) is 12.4 Å². The molecular formula is C17H21NO6. The van der Waals surface area contributed by atoms with Crippen molar-refractivity contribution in [1.29, 1.82) is 0 Å². The molecule has 0 aromatic heterocycles. The summed E-state index contributed by atoms with van der Waals surface area (Å²) >= 11 is 0. The molecule has 1 aromatic carbocycles. The van der Waals surface area contributed by atoms with Crippen LogP contribution in [0.2, 0.25) is 0 Å². The zero-order chi connectivity index (χ0) is 17.9. The van der Waals surface area contributed by atoms with E-state index in [4.69, 9.17) is 9.47 Å². The summed E-state index contributed by atoms with van der Waals surface area (Å²) in [6, 6.07) is 8.18. The SMILES string of the molecule is COC(=O)/C=C/C(=O)OC[C@@H](NC(=O)Oc1ccccc1)C(C)C. The van der Waals surface area contributed by atoms with Gasteiger partial charge in [-0.1, -0.05) is 32.0 Å². The molecule has 1 atom stereocenters. The molecule has 0 saturated carbocycles. The Balaban J connectivity index is 2.49. The molecule has 0 spiro atoms. The number of carbonyl (C=O) groups excluding carboxylic acids is 3. The maximum absolute atomic E-state index is 11.9. The number of carbonyl (C=O) groups is 3. The smallest absolute Gasteiger partial charge is 0.412 e. The first-order valence-corrected chi connectivity index (χ1v) is 7.38. The highest BCUT2D eigenvalue weighted by atomic mass is 16.6. The average molecular weight is 335 g/mol. The zero-order valence-corrected chi connectivity index (χ0v) is 13.9. The fourth-order valence-electron chi connectivity index (χ4n) is 1.60. The summed E-state index contributed by atoms with van der Waals surface area (Å²) in [6.07, 6.45) is 1.29. The summed E-state index contributed by atoms with van der Waals surface area (Å²) in [7, 11) is 1.20. The van der Waals surface area contributed by atoms with Gasteiger partial charge in [0.05, 0.1) is 13.2 Å². The number of methoxy groups -OCH3 is 1. The van der Waals surface area contributed by atoms with Crippen LogP contribution < -0.4 is 10.1 Å². The van der Waals surface area contributed by atoms with E-state index < -0.39 is 24.1 Å². The van der Waals surface area contributed by atoms with Crippen molar-refractivity contribution in [3.05, 3.63) is 42.5 Å². The predicted octanol–water partition coefficient (Wildman–Crippen LogP) is 2.07. The minimum Gasteiger partial charge on any atom is -0.466 e. The topological polar surface area (TPSA) is 90.9 Å². The van der Waals surface area contributed by atoms with Gasteiger partial charge in [-0.3, -0.25) is 0 Å². The fraction of sp³-hybridized carbons (Fsp3) is 0.353. The molecule has 24 heavy (non-hydrogen) atoms. The normalized spacial score (nSPS) is 11.8. The fourth-order valence-corrected chi connectivity index (χ4v) is 1.60. The lowest BCUT2D eigenvalue weighted by molar-refractivity contribution is -0.140. The molecule has 0 bridgehead atoms. The molecule has 0 unspecified atom stereocenters. The highest BCUT2D eigenvalue weighted by Crippen LogP contribution is 2.09. The number of ether oxygens (including phenoxy) is 3. The molecule has 0 aliphatic rings. The van der Waals surface area contributed by atoms with Crippen molar-refractivity contribution < 1.29 is 28.6 Å². The van der Waals surface area contributed by atoms with E-state index >= 15 is 0 Å². The van der Waals surface area contributed by atoms with Crippen LogP contribution in [0.15, 0.2) is 42.5 Å². The van der Waals surface area contributed by atoms with E-state index in [1.54, 1.807) is 24.3 Å². The van der Waals surface area contributed by atoms with E-state index in [-0.39, 0.29) is 12.5 Å². The highest BCUT2D eigenvalue weighted by Gasteiger charge is 2.19. The van der Waals surface area contributed by atoms with Gasteiger partial charge in [0.2, 0.25) is 0 Å². The molecule has 1 N–H and O–H groups in total. The number of hydrogen-bond acceptors (Lipinski definition) is 6. The van der Waals surface area contributed by atoms with Crippen molar-refractivity contribution in [2.45, 2.75) is 19.9 Å². The predicted molar refractivity (Wildman–Crippen MR) is 86.3 cm³/mol. The first-order valence-electron chi connectivity index (χ1n) is 7.38. The Morgan fingerprint density at radius 1 is 1.08 bits per heavy atom. The van der Waals surface area contributed by atoms with Gasteiger partial charge in [-0.25, -0.2) is 14.4 Å². The summed E-state index contributed by atoms with van der Waals surface area (Å²) in [5.41, 5.74) is 0. The highest BCUT2D eigenvalue weighted by molar-refractivity contribution is 5.91. The van der Waals surface area contributed by atoms with Crippen LogP contribution in [0.5, 0.6) is 5.75 Å². The maximum atomic E-state index is 11.9. The quantitative estimate of drug-likeness (QED) is 0.606. The van der Waals surface area contributed by atoms with Crippen LogP contribution in [0.25, 0.3) is 0 Å². The van der Waals surface area contributed by atoms with Gasteiger partial charge < -0.3 is 19.5 Å². The Kier molecular flexibility index (Phi) is 8.04. The number of benzene rings is 1. The van der Waals surface area contributed by atoms with Crippen LogP contribution in [0, 0.1) is 5.92 Å². The van der Waals surface area contributed by atoms with Crippen molar-refractivity contribution >= 4 is 18.0 Å². The summed E-state index contributed by atoms with van der Waals surface area (Å²) in [5, 5.41) is 2.64. The van der Waals surface area contributed by atoms with Gasteiger partial charge in [0, 0.05) is 12.2 Å². The molecule has 0 aliphatic heterocycles. The first-order chi connectivity index (χ1) is 11.4. The minimum atomic E-state index is -0.704. The second-order valence-electron chi connectivity index (χ2n) is 5.18. The average Bonchev–Trinajstić information content (AvgIpc) is 2.56. The number of amides is 1. The summed E-state index contributed by atoms with van der Waals surface area (Å²) in [4.78, 5) is 34.3. The molecule has 0 saturated heterocycles. The zero-order valence-electron chi connectivity index (χ0n) is 13.9. The van der Waals surface area contributed by atoms with Gasteiger partial charge >= 0.3 is 18.0 Å². The van der Waals surface area contributed by atoms with Crippen LogP contribution in [0.1, 0.15) is 13.8 Å². The molecule has 1 amide bonds. The molecule has 0 radical (unpaired) electrons. The second-order valence-corrected chi connectivity index (χ2v) is 5.18. The van der Waals surface area contributed by atoms with Crippen LogP contribution >= 0.6 is 0 Å². The van der Waals surface area contributed by atoms with Crippen molar-refractivity contribution in [2.75, 3.05) is 13.7 Å². The third-order valence-electron chi connectivity index (χ3n) is 3.02. The van der Waals surface area contributed by atoms with E-state index in [0.717, 1.165) is 12.2 Å². The first kappa shape index (κ1) is 19.2. The monoisotopic (exact) mass is 335 g/mol. The van der Waals surface area contributed by atoms with Gasteiger partial charge in [-0.15, -0.1) is 0 Å². The van der Waals surface area contributed by atoms with Gasteiger partial charge in [-0.2, -0.15) is 0 Å². The number of para-hydroxylation sites is 1. The van der Waals surface area contributed by atoms with E-state index in [2.05, 4.69) is 10.1 Å². The van der Waals surface area contributed by atoms with Crippen LogP contribution in [-0.2, 0) is 19.1 Å². The van der Waals surface area contributed by atoms with Gasteiger partial charge in [0.25, 0.3) is 0 Å². The standard InChI is InChI=1S/C17H21NO6/c1-12(2)14(11-23-16(20)10-9-15(19)22-3)18-17(21)24-13-7-5-4-6-8-13/h4-10,12,14H,11H2,1-3H3,(H,18,21)/b10-9+/t14-/m1/s1. The Morgan fingerprint density at radius 3 is 2.29 bits per heavy atom. The number of nitrogens with one attached hydrogen (secondary N) is 1. The summed E-state index contributed by atoms with van der Waals surface area (Å²) in [5.74, 6) is -0.942. The van der Waals surface area contributed by atoms with E-state index in [9.17, 15) is 14.4 Å². The molecular weight excluding hydrogens is 314 g/mol. The molecule has 7 nitrogen and oxygen atoms in total. The Hall–Kier alpha value is -2.83. The second kappa shape index (κ2) is 10.0. The number of rotatable bonds is 7. The molecule has 0 aliphatic carbocycles. The number of esters is 2. The lowest BCUT2D eigenvalue weighted by Gasteiger charge is -2.21. The van der Waals surface area contributed by atoms with Crippen LogP contribution in [0.3, 0.4) is 0 Å². The lowest BCUT2D eigenvalue weighted by atomic mass is 10.1. The Labute approximate surface area is 140 Å². The van der Waals surface area contributed by atoms with Crippen LogP contribution in [-0.4, -0.2) is 37.8 Å². The maximum Gasteiger partial charge on any atom is 0.412 e. The molecule has 130 valence electrons. The van der Waals surface area contributed by atoms with E-state index in [1.807, 2.05) is 19.9 Å². The van der Waals surface area contributed by atoms with Gasteiger partial charge in [0.15, 0.2) is 0 Å². The van der Waals surface area contributed by atoms with Crippen LogP contribution in [0.4, 0.5) is 4.79 Å². The van der Waals surface area contributed by atoms with E-state index in [1.165, 1.54) is 7.11 Å². The third kappa shape index (κ3) is 7.44. The molecule has 0 heterocycles. The Morgan fingerprint density at radius 2 is 1.71 bits per heavy atom. The minimum absolute atomic E-state index is 0.00529. The number of hydrogen-bond donors (Lipinski definition) is 1. The molecule has 1 aromatic rings. The van der Waals surface area contributed by atoms with Gasteiger partial charge in [-0.05, 0) is 18.1 Å². The summed E-state index contributed by atoms with van der Waals surface area (Å²) in [6.45, 7) is 3.68. The largest absolute Gasteiger partial charge is 0.466 e. The van der Waals surface area contributed by atoms with E-state index in [0.29, 0.717) is 5.75 Å². The molecule has 7 heteroatoms. The molecule has 1 rings (SSSR count). The lowest BCUT2D eigenvalue weighted by Crippen LogP contribution is -2.43. The Bertz CT molecular complexity index is 582. The van der Waals surface area contributed by atoms with Crippen molar-refractivity contribution in [3.8, 4) is 5.75 Å². The summed E-state index contributed by atoms with van der Waals surface area (Å²) < 4.78 is 14.5. The van der Waals surface area contributed by atoms with Crippen molar-refractivity contribution in [1.82, 2.24) is 5.32 Å². The third-order valence-corrected chi connectivity index (χ3v) is 3.02. The van der Waals surface area contributed by atoms with Crippen molar-refractivity contribution in [3.63, 3.8) is 0 Å². The molecule has 0 fully saturated rings. The van der Waals surface area contributed by atoms with Crippen molar-refractivity contribution in [2.24, 2.45) is 5.92 Å².